The molecule has 6 heteroatoms. The van der Waals surface area contributed by atoms with Gasteiger partial charge < -0.3 is 0 Å². The van der Waals surface area contributed by atoms with E-state index < -0.39 is 0 Å². The van der Waals surface area contributed by atoms with Crippen molar-refractivity contribution >= 4 is 35.0 Å². The maximum atomic E-state index is 13.1. The molecule has 178 valence electrons. The molecule has 36 heavy (non-hydrogen) atoms. The fourth-order valence-electron chi connectivity index (χ4n) is 7.92. The molecule has 2 saturated carbocycles. The van der Waals surface area contributed by atoms with Gasteiger partial charge in [-0.25, -0.2) is 0 Å². The Morgan fingerprint density at radius 2 is 0.722 bits per heavy atom. The lowest BCUT2D eigenvalue weighted by molar-refractivity contribution is -0.124. The molecule has 6 nitrogen and oxygen atoms in total. The molecule has 0 spiro atoms. The fourth-order valence-corrected chi connectivity index (χ4v) is 7.92. The van der Waals surface area contributed by atoms with Crippen LogP contribution in [0.5, 0.6) is 0 Å². The number of carbonyl (C=O) groups is 4. The van der Waals surface area contributed by atoms with E-state index in [1.54, 1.807) is 0 Å². The molecule has 8 rings (SSSR count). The number of imide groups is 2. The third-order valence-electron chi connectivity index (χ3n) is 9.53. The third kappa shape index (κ3) is 2.47. The molecule has 2 aromatic rings. The number of nitrogens with zero attached hydrogens (tertiary/aromatic N) is 2. The molecule has 8 atom stereocenters. The number of anilines is 2. The Kier molecular flexibility index (Phi) is 3.91. The Balaban J connectivity index is 1.03. The van der Waals surface area contributed by atoms with E-state index in [9.17, 15) is 19.2 Å². The van der Waals surface area contributed by atoms with Gasteiger partial charge in [-0.3, -0.25) is 29.0 Å². The number of hydrogen-bond acceptors (Lipinski definition) is 4. The summed E-state index contributed by atoms with van der Waals surface area (Å²) in [6.07, 6.45) is 10.2. The number of hydrogen-bond donors (Lipinski definition) is 0. The quantitative estimate of drug-likeness (QED) is 0.496. The molecular formula is C30H24N2O4. The first kappa shape index (κ1) is 20.4. The number of fused-ring (bicyclic) bond motifs is 10. The van der Waals surface area contributed by atoms with Crippen LogP contribution in [0, 0.1) is 47.3 Å². The van der Waals surface area contributed by atoms with Gasteiger partial charge in [-0.2, -0.15) is 0 Å². The van der Waals surface area contributed by atoms with Gasteiger partial charge in [0.2, 0.25) is 23.6 Å². The van der Waals surface area contributed by atoms with Crippen LogP contribution in [-0.4, -0.2) is 23.6 Å². The fraction of sp³-hybridized carbons (Fsp3) is 0.333. The topological polar surface area (TPSA) is 74.8 Å². The highest BCUT2D eigenvalue weighted by molar-refractivity contribution is 6.23. The highest BCUT2D eigenvalue weighted by Crippen LogP contribution is 2.54. The van der Waals surface area contributed by atoms with Crippen LogP contribution in [0.3, 0.4) is 0 Å². The van der Waals surface area contributed by atoms with Crippen molar-refractivity contribution in [2.75, 3.05) is 9.80 Å². The monoisotopic (exact) mass is 476 g/mol. The van der Waals surface area contributed by atoms with E-state index in [1.165, 1.54) is 9.80 Å². The summed E-state index contributed by atoms with van der Waals surface area (Å²) in [6, 6.07) is 14.9. The summed E-state index contributed by atoms with van der Waals surface area (Å²) in [6.45, 7) is 0. The molecule has 0 aromatic heterocycles. The van der Waals surface area contributed by atoms with Crippen molar-refractivity contribution in [2.45, 2.75) is 12.8 Å². The average Bonchev–Trinajstić information content (AvgIpc) is 3.73. The van der Waals surface area contributed by atoms with Crippen LogP contribution in [0.15, 0.2) is 72.8 Å². The minimum Gasteiger partial charge on any atom is -0.274 e. The Morgan fingerprint density at radius 3 is 1.00 bits per heavy atom. The highest BCUT2D eigenvalue weighted by Gasteiger charge is 2.60. The van der Waals surface area contributed by atoms with Gasteiger partial charge >= 0.3 is 0 Å². The summed E-state index contributed by atoms with van der Waals surface area (Å²) in [5, 5.41) is 0. The molecule has 4 bridgehead atoms. The number of carbonyl (C=O) groups excluding carboxylic acids is 4. The van der Waals surface area contributed by atoms with Gasteiger partial charge in [0.1, 0.15) is 0 Å². The molecule has 6 aliphatic rings. The predicted molar refractivity (Wildman–Crippen MR) is 132 cm³/mol. The van der Waals surface area contributed by atoms with Crippen LogP contribution in [0.2, 0.25) is 0 Å². The molecule has 0 unspecified atom stereocenters. The van der Waals surface area contributed by atoms with Crippen molar-refractivity contribution in [3.63, 3.8) is 0 Å². The molecular weight excluding hydrogens is 452 g/mol. The summed E-state index contributed by atoms with van der Waals surface area (Å²) in [4.78, 5) is 55.1. The van der Waals surface area contributed by atoms with Gasteiger partial charge in [-0.1, -0.05) is 48.6 Å². The van der Waals surface area contributed by atoms with Crippen LogP contribution in [0.4, 0.5) is 11.4 Å². The lowest BCUT2D eigenvalue weighted by atomic mass is 9.85. The van der Waals surface area contributed by atoms with E-state index in [-0.39, 0.29) is 71.0 Å². The highest BCUT2D eigenvalue weighted by atomic mass is 16.2. The molecule has 4 amide bonds. The minimum absolute atomic E-state index is 0.0766. The van der Waals surface area contributed by atoms with Crippen LogP contribution in [0.1, 0.15) is 12.8 Å². The molecule has 2 saturated heterocycles. The van der Waals surface area contributed by atoms with Crippen molar-refractivity contribution in [2.24, 2.45) is 47.3 Å². The zero-order valence-electron chi connectivity index (χ0n) is 19.5. The van der Waals surface area contributed by atoms with Crippen LogP contribution in [0.25, 0.3) is 11.1 Å². The molecule has 4 aliphatic carbocycles. The Hall–Kier alpha value is -3.80. The number of allylic oxidation sites excluding steroid dienone is 4. The second-order valence-corrected chi connectivity index (χ2v) is 11.1. The molecule has 0 radical (unpaired) electrons. The van der Waals surface area contributed by atoms with E-state index in [0.29, 0.717) is 11.4 Å². The SMILES string of the molecule is O=C1[C@@H]2[C@@H](C(=O)N1c1ccc(-c3ccc(N4C(=O)[C@@H]5[C@H](C4=O)[C@H]4C=C[C@H]5C4)cc3)cc1)[C@H]1C=C[C@H]2C1. The van der Waals surface area contributed by atoms with Crippen molar-refractivity contribution in [3.05, 3.63) is 72.8 Å². The zero-order valence-corrected chi connectivity index (χ0v) is 19.5. The van der Waals surface area contributed by atoms with Gasteiger partial charge in [0.25, 0.3) is 0 Å². The van der Waals surface area contributed by atoms with Gasteiger partial charge in [0.05, 0.1) is 35.0 Å². The van der Waals surface area contributed by atoms with Crippen LogP contribution in [-0.2, 0) is 19.2 Å². The number of rotatable bonds is 3. The maximum Gasteiger partial charge on any atom is 0.238 e. The van der Waals surface area contributed by atoms with Crippen molar-refractivity contribution < 1.29 is 19.2 Å². The first-order valence-electron chi connectivity index (χ1n) is 12.8. The third-order valence-corrected chi connectivity index (χ3v) is 9.53. The van der Waals surface area contributed by atoms with Gasteiger partial charge in [0, 0.05) is 0 Å². The molecule has 2 aliphatic heterocycles. The van der Waals surface area contributed by atoms with Crippen molar-refractivity contribution in [3.8, 4) is 11.1 Å². The Morgan fingerprint density at radius 1 is 0.444 bits per heavy atom. The molecule has 0 N–H and O–H groups in total. The summed E-state index contributed by atoms with van der Waals surface area (Å²) in [5.74, 6) is -0.359. The second kappa shape index (κ2) is 6.90. The van der Waals surface area contributed by atoms with Gasteiger partial charge in [-0.05, 0) is 71.9 Å². The number of benzene rings is 2. The van der Waals surface area contributed by atoms with E-state index in [4.69, 9.17) is 0 Å². The standard InChI is InChI=1S/C30H24N2O4/c33-27-23-17-1-2-18(13-17)24(23)28(34)31(27)21-9-5-15(6-10-21)16-7-11-22(12-8-16)32-29(35)25-19-3-4-20(14-19)26(25)30(32)36/h1-12,17-20,23-26H,13-14H2/t17-,18-,19-,20-,23-,24-,25-,26+/m0/s1. The normalized spacial score (nSPS) is 37.1. The largest absolute Gasteiger partial charge is 0.274 e. The van der Waals surface area contributed by atoms with Crippen LogP contribution < -0.4 is 9.80 Å². The van der Waals surface area contributed by atoms with E-state index in [1.807, 2.05) is 48.5 Å². The Bertz CT molecular complexity index is 1250. The van der Waals surface area contributed by atoms with Crippen molar-refractivity contribution in [1.29, 1.82) is 0 Å². The Labute approximate surface area is 208 Å². The van der Waals surface area contributed by atoms with E-state index >= 15 is 0 Å². The van der Waals surface area contributed by atoms with Gasteiger partial charge in [0.15, 0.2) is 0 Å². The van der Waals surface area contributed by atoms with E-state index in [2.05, 4.69) is 24.3 Å². The first-order valence-corrected chi connectivity index (χ1v) is 12.8. The lowest BCUT2D eigenvalue weighted by Crippen LogP contribution is -2.32. The van der Waals surface area contributed by atoms with E-state index in [0.717, 1.165) is 24.0 Å². The summed E-state index contributed by atoms with van der Waals surface area (Å²) in [7, 11) is 0. The van der Waals surface area contributed by atoms with Crippen LogP contribution >= 0.6 is 0 Å². The number of amides is 4. The second-order valence-electron chi connectivity index (χ2n) is 11.1. The molecule has 4 fully saturated rings. The lowest BCUT2D eigenvalue weighted by Gasteiger charge is -2.18. The summed E-state index contributed by atoms with van der Waals surface area (Å²) < 4.78 is 0. The summed E-state index contributed by atoms with van der Waals surface area (Å²) >= 11 is 0. The summed E-state index contributed by atoms with van der Waals surface area (Å²) in [5.41, 5.74) is 3.10. The molecule has 2 heterocycles. The average molecular weight is 477 g/mol. The molecule has 2 aromatic carbocycles. The maximum absolute atomic E-state index is 13.1. The van der Waals surface area contributed by atoms with Gasteiger partial charge in [-0.15, -0.1) is 0 Å². The smallest absolute Gasteiger partial charge is 0.238 e. The minimum atomic E-state index is -0.207. The predicted octanol–water partition coefficient (Wildman–Crippen LogP) is 3.98. The first-order chi connectivity index (χ1) is 17.5. The van der Waals surface area contributed by atoms with Crippen molar-refractivity contribution in [1.82, 2.24) is 0 Å². The zero-order chi connectivity index (χ0) is 24.3.